The number of aliphatic carboxylic acids is 1. The molecule has 3 heterocycles. The third-order valence-electron chi connectivity index (χ3n) is 6.09. The molecule has 0 aromatic carbocycles. The molecule has 1 aliphatic carbocycles. The van der Waals surface area contributed by atoms with Gasteiger partial charge in [0, 0.05) is 11.8 Å². The number of aromatic nitrogens is 4. The number of ether oxygens (including phenoxy) is 1. The average molecular weight is 467 g/mol. The third-order valence-corrected chi connectivity index (χ3v) is 7.18. The van der Waals surface area contributed by atoms with Gasteiger partial charge in [-0.05, 0) is 25.0 Å². The molecule has 0 bridgehead atoms. The van der Waals surface area contributed by atoms with Crippen molar-refractivity contribution in [1.82, 2.24) is 19.5 Å². The number of nitrogens with two attached hydrogens (primary N) is 1. The first-order chi connectivity index (χ1) is 15.5. The molecule has 2 fully saturated rings. The summed E-state index contributed by atoms with van der Waals surface area (Å²) in [6.45, 7) is 0. The van der Waals surface area contributed by atoms with Crippen molar-refractivity contribution in [2.75, 3.05) is 16.8 Å². The lowest BCUT2D eigenvalue weighted by Crippen LogP contribution is -2.33. The Kier molecular flexibility index (Phi) is 7.46. The molecule has 2 aromatic rings. The first kappa shape index (κ1) is 23.2. The van der Waals surface area contributed by atoms with Crippen molar-refractivity contribution in [2.24, 2.45) is 5.73 Å². The normalized spacial score (nSPS) is 27.6. The Morgan fingerprint density at radius 3 is 2.78 bits per heavy atom. The Labute approximate surface area is 189 Å². The van der Waals surface area contributed by atoms with E-state index in [0.717, 1.165) is 12.8 Å². The zero-order valence-corrected chi connectivity index (χ0v) is 18.5. The average Bonchev–Trinajstić information content (AvgIpc) is 3.34. The van der Waals surface area contributed by atoms with Gasteiger partial charge in [-0.3, -0.25) is 9.36 Å². The zero-order chi connectivity index (χ0) is 22.7. The molecule has 12 heteroatoms. The predicted octanol–water partition coefficient (Wildman–Crippen LogP) is 0.725. The fourth-order valence-electron chi connectivity index (χ4n) is 4.21. The van der Waals surface area contributed by atoms with E-state index in [1.54, 1.807) is 10.9 Å². The SMILES string of the molecule is N[C@@H](CCSC[C@H]1O[C@@H](n2cnc3c(NC4CCCCC4)ncnc32)[C@H](O)[C@@H]1O)C(=O)O. The Balaban J connectivity index is 1.42. The Bertz CT molecular complexity index is 923. The summed E-state index contributed by atoms with van der Waals surface area (Å²) in [6.07, 6.45) is 5.49. The Hall–Kier alpha value is -1.99. The Morgan fingerprint density at radius 1 is 1.25 bits per heavy atom. The van der Waals surface area contributed by atoms with Crippen molar-refractivity contribution >= 4 is 34.7 Å². The molecule has 0 spiro atoms. The molecular formula is C20H30N6O5S. The van der Waals surface area contributed by atoms with Crippen molar-refractivity contribution in [1.29, 1.82) is 0 Å². The molecule has 176 valence electrons. The van der Waals surface area contributed by atoms with Crippen molar-refractivity contribution in [2.45, 2.75) is 75.1 Å². The second-order valence-electron chi connectivity index (χ2n) is 8.38. The number of nitrogens with one attached hydrogen (secondary N) is 1. The fraction of sp³-hybridized carbons (Fsp3) is 0.700. The number of rotatable bonds is 9. The molecule has 1 saturated heterocycles. The van der Waals surface area contributed by atoms with Crippen LogP contribution in [0.3, 0.4) is 0 Å². The molecule has 0 amide bonds. The standard InChI is InChI=1S/C20H30N6O5S/c21-12(20(29)30)6-7-32-8-13-15(27)16(28)19(31-13)26-10-24-14-17(22-9-23-18(14)26)25-11-4-2-1-3-5-11/h9-13,15-16,19,27-28H,1-8,21H2,(H,29,30)(H,22,23,25)/t12-,13+,15+,16+,19+/m0/s1. The van der Waals surface area contributed by atoms with Crippen LogP contribution in [0.1, 0.15) is 44.8 Å². The molecule has 6 N–H and O–H groups in total. The molecule has 5 atom stereocenters. The number of hydrogen-bond acceptors (Lipinski definition) is 10. The van der Waals surface area contributed by atoms with Crippen molar-refractivity contribution in [3.63, 3.8) is 0 Å². The topological polar surface area (TPSA) is 169 Å². The van der Waals surface area contributed by atoms with Crippen molar-refractivity contribution in [3.05, 3.63) is 12.7 Å². The lowest BCUT2D eigenvalue weighted by atomic mass is 9.95. The maximum Gasteiger partial charge on any atom is 0.320 e. The molecule has 0 radical (unpaired) electrons. The highest BCUT2D eigenvalue weighted by atomic mass is 32.2. The summed E-state index contributed by atoms with van der Waals surface area (Å²) < 4.78 is 7.58. The van der Waals surface area contributed by atoms with E-state index in [0.29, 0.717) is 41.0 Å². The first-order valence-electron chi connectivity index (χ1n) is 11.0. The van der Waals surface area contributed by atoms with Gasteiger partial charge in [0.05, 0.1) is 12.4 Å². The van der Waals surface area contributed by atoms with Crippen LogP contribution in [0.25, 0.3) is 11.2 Å². The molecule has 1 saturated carbocycles. The van der Waals surface area contributed by atoms with E-state index in [-0.39, 0.29) is 0 Å². The smallest absolute Gasteiger partial charge is 0.320 e. The summed E-state index contributed by atoms with van der Waals surface area (Å²) in [6, 6.07) is -0.554. The van der Waals surface area contributed by atoms with Crippen LogP contribution in [-0.4, -0.2) is 82.7 Å². The number of carboxylic acids is 1. The summed E-state index contributed by atoms with van der Waals surface area (Å²) >= 11 is 1.43. The summed E-state index contributed by atoms with van der Waals surface area (Å²) in [5, 5.41) is 33.4. The van der Waals surface area contributed by atoms with Crippen LogP contribution in [0, 0.1) is 0 Å². The number of fused-ring (bicyclic) bond motifs is 1. The molecule has 2 aliphatic rings. The summed E-state index contributed by atoms with van der Waals surface area (Å²) in [5.74, 6) is 0.537. The van der Waals surface area contributed by atoms with Gasteiger partial charge >= 0.3 is 5.97 Å². The molecule has 0 unspecified atom stereocenters. The van der Waals surface area contributed by atoms with Crippen LogP contribution in [0.2, 0.25) is 0 Å². The van der Waals surface area contributed by atoms with Gasteiger partial charge in [0.15, 0.2) is 23.2 Å². The highest BCUT2D eigenvalue weighted by Crippen LogP contribution is 2.34. The van der Waals surface area contributed by atoms with Crippen LogP contribution < -0.4 is 11.1 Å². The van der Waals surface area contributed by atoms with Gasteiger partial charge in [-0.2, -0.15) is 11.8 Å². The number of thioether (sulfide) groups is 1. The maximum atomic E-state index is 10.8. The fourth-order valence-corrected chi connectivity index (χ4v) is 5.31. The summed E-state index contributed by atoms with van der Waals surface area (Å²) in [7, 11) is 0. The van der Waals surface area contributed by atoms with E-state index in [4.69, 9.17) is 15.6 Å². The number of nitrogens with zero attached hydrogens (tertiary/aromatic N) is 4. The minimum atomic E-state index is -1.15. The molecule has 2 aromatic heterocycles. The van der Waals surface area contributed by atoms with E-state index in [9.17, 15) is 15.0 Å². The minimum absolute atomic E-state index is 0.314. The first-order valence-corrected chi connectivity index (χ1v) is 12.1. The largest absolute Gasteiger partial charge is 0.480 e. The predicted molar refractivity (Wildman–Crippen MR) is 119 cm³/mol. The summed E-state index contributed by atoms with van der Waals surface area (Å²) in [5.41, 5.74) is 6.63. The quantitative estimate of drug-likeness (QED) is 0.330. The number of imidazole rings is 1. The van der Waals surface area contributed by atoms with Crippen molar-refractivity contribution < 1.29 is 24.9 Å². The monoisotopic (exact) mass is 466 g/mol. The number of carbonyl (C=O) groups is 1. The van der Waals surface area contributed by atoms with Gasteiger partial charge in [-0.1, -0.05) is 19.3 Å². The highest BCUT2D eigenvalue weighted by molar-refractivity contribution is 7.99. The Morgan fingerprint density at radius 2 is 2.03 bits per heavy atom. The molecule has 32 heavy (non-hydrogen) atoms. The molecule has 4 rings (SSSR count). The van der Waals surface area contributed by atoms with Crippen LogP contribution in [-0.2, 0) is 9.53 Å². The van der Waals surface area contributed by atoms with Gasteiger partial charge < -0.3 is 31.1 Å². The number of hydrogen-bond donors (Lipinski definition) is 5. The second-order valence-corrected chi connectivity index (χ2v) is 9.53. The lowest BCUT2D eigenvalue weighted by molar-refractivity contribution is -0.138. The molecule has 11 nitrogen and oxygen atoms in total. The van der Waals surface area contributed by atoms with Gasteiger partial charge in [0.1, 0.15) is 24.6 Å². The van der Waals surface area contributed by atoms with Gasteiger partial charge in [-0.25, -0.2) is 15.0 Å². The van der Waals surface area contributed by atoms with E-state index in [2.05, 4.69) is 20.3 Å². The van der Waals surface area contributed by atoms with Gasteiger partial charge in [0.25, 0.3) is 0 Å². The highest BCUT2D eigenvalue weighted by Gasteiger charge is 2.44. The number of anilines is 1. The molecule has 1 aliphatic heterocycles. The van der Waals surface area contributed by atoms with E-state index in [1.165, 1.54) is 37.4 Å². The van der Waals surface area contributed by atoms with Crippen molar-refractivity contribution in [3.8, 4) is 0 Å². The molecular weight excluding hydrogens is 436 g/mol. The number of aliphatic hydroxyl groups is 2. The third kappa shape index (κ3) is 4.99. The van der Waals surface area contributed by atoms with E-state index < -0.39 is 36.6 Å². The van der Waals surface area contributed by atoms with E-state index in [1.807, 2.05) is 0 Å². The van der Waals surface area contributed by atoms with Crippen LogP contribution >= 0.6 is 11.8 Å². The lowest BCUT2D eigenvalue weighted by Gasteiger charge is -2.23. The summed E-state index contributed by atoms with van der Waals surface area (Å²) in [4.78, 5) is 24.0. The maximum absolute atomic E-state index is 10.8. The van der Waals surface area contributed by atoms with Crippen LogP contribution in [0.15, 0.2) is 12.7 Å². The number of aliphatic hydroxyl groups excluding tert-OH is 2. The van der Waals surface area contributed by atoms with Gasteiger partial charge in [0.2, 0.25) is 0 Å². The minimum Gasteiger partial charge on any atom is -0.480 e. The second kappa shape index (κ2) is 10.3. The van der Waals surface area contributed by atoms with Gasteiger partial charge in [-0.15, -0.1) is 0 Å². The zero-order valence-electron chi connectivity index (χ0n) is 17.7. The number of carboxylic acid groups (broad SMARTS) is 1. The van der Waals surface area contributed by atoms with E-state index >= 15 is 0 Å². The van der Waals surface area contributed by atoms with Crippen LogP contribution in [0.4, 0.5) is 5.82 Å². The van der Waals surface area contributed by atoms with Crippen LogP contribution in [0.5, 0.6) is 0 Å².